The lowest BCUT2D eigenvalue weighted by Gasteiger charge is -2.92. The highest BCUT2D eigenvalue weighted by Gasteiger charge is 2.89. The largest absolute Gasteiger partial charge is 0.335 e. The fraction of sp³-hybridized carbons (Fsp3) is 0.400. The molecular formula is C60H60BN3. The second-order valence-corrected chi connectivity index (χ2v) is 24.1. The van der Waals surface area contributed by atoms with Gasteiger partial charge in [-0.1, -0.05) is 127 Å². The van der Waals surface area contributed by atoms with E-state index in [1.165, 1.54) is 130 Å². The molecule has 9 aliphatic rings. The van der Waals surface area contributed by atoms with Crippen molar-refractivity contribution in [3.05, 3.63) is 144 Å². The van der Waals surface area contributed by atoms with E-state index in [1.54, 1.807) is 10.9 Å². The van der Waals surface area contributed by atoms with Crippen LogP contribution in [0.25, 0.3) is 11.1 Å². The molecule has 0 aromatic heterocycles. The summed E-state index contributed by atoms with van der Waals surface area (Å²) in [7, 11) is 0. The predicted octanol–water partition coefficient (Wildman–Crippen LogP) is 13.0. The molecule has 15 rings (SSSR count). The van der Waals surface area contributed by atoms with E-state index in [-0.39, 0.29) is 34.0 Å². The molecular weight excluding hydrogens is 773 g/mol. The molecule has 5 fully saturated rings. The zero-order valence-corrected chi connectivity index (χ0v) is 38.9. The molecule has 4 heteroatoms. The van der Waals surface area contributed by atoms with Crippen LogP contribution in [0.3, 0.4) is 0 Å². The predicted molar refractivity (Wildman–Crippen MR) is 268 cm³/mol. The highest BCUT2D eigenvalue weighted by atomic mass is 15.3. The van der Waals surface area contributed by atoms with Crippen molar-refractivity contribution < 1.29 is 0 Å². The summed E-state index contributed by atoms with van der Waals surface area (Å²) in [6.45, 7) is 17.5. The minimum absolute atomic E-state index is 0.0176. The number of fused-ring (bicyclic) bond motifs is 3. The van der Waals surface area contributed by atoms with Gasteiger partial charge in [-0.25, -0.2) is 0 Å². The maximum absolute atomic E-state index is 3.07. The van der Waals surface area contributed by atoms with Gasteiger partial charge in [0.25, 0.3) is 6.71 Å². The molecule has 0 amide bonds. The van der Waals surface area contributed by atoms with Gasteiger partial charge in [-0.05, 0) is 167 Å². The first-order valence-corrected chi connectivity index (χ1v) is 25.0. The Labute approximate surface area is 381 Å². The number of rotatable bonds is 4. The van der Waals surface area contributed by atoms with Crippen LogP contribution in [0.4, 0.5) is 39.8 Å². The van der Waals surface area contributed by atoms with Gasteiger partial charge in [0.05, 0.1) is 11.1 Å². The van der Waals surface area contributed by atoms with Gasteiger partial charge in [0.2, 0.25) is 0 Å². The SMILES string of the molecule is CC(C)(C)c1ccc(N2c3cc(N4c5ccc(-c6ccccc6)cc5C5(C)CCCCC45C)cc4c3B3c5c2cccc5C(C)(C)c2cccc(c23)N4C23CC4CC5CC(C2)C543)cc1. The molecule has 5 aliphatic carbocycles. The van der Waals surface area contributed by atoms with E-state index in [4.69, 9.17) is 0 Å². The van der Waals surface area contributed by atoms with Gasteiger partial charge in [-0.3, -0.25) is 0 Å². The van der Waals surface area contributed by atoms with Gasteiger partial charge in [0.15, 0.2) is 0 Å². The third kappa shape index (κ3) is 3.90. The lowest BCUT2D eigenvalue weighted by molar-refractivity contribution is -0.385. The standard InChI is InChI=1S/C60H60BN3/c1-55(2,3)38-22-24-42(25-23-38)62-48-19-13-17-44-52(48)61-53-45(56(44,4)5)18-14-20-49(53)64(59-34-40-30-39-31-41(35-59)60(39,40)59)51-33-43(32-50(62)54(51)61)63-47-26-21-37(36-15-9-8-10-16-36)29-46(47)57(6)27-11-12-28-58(57,63)7/h8-10,13-26,29,32-33,39-41H,11-12,27-28,30-31,34-35H2,1-7H3. The van der Waals surface area contributed by atoms with Gasteiger partial charge in [0.1, 0.15) is 0 Å². The van der Waals surface area contributed by atoms with Crippen LogP contribution in [-0.4, -0.2) is 17.8 Å². The molecule has 0 saturated heterocycles. The zero-order valence-electron chi connectivity index (χ0n) is 38.9. The number of hydrogen-bond acceptors (Lipinski definition) is 3. The van der Waals surface area contributed by atoms with Crippen molar-refractivity contribution in [2.24, 2.45) is 23.2 Å². The van der Waals surface area contributed by atoms with Crippen molar-refractivity contribution in [3.8, 4) is 11.1 Å². The molecule has 4 atom stereocenters. The summed E-state index contributed by atoms with van der Waals surface area (Å²) >= 11 is 0. The third-order valence-electron chi connectivity index (χ3n) is 20.5. The van der Waals surface area contributed by atoms with Crippen LogP contribution in [0.2, 0.25) is 0 Å². The van der Waals surface area contributed by atoms with E-state index in [1.807, 2.05) is 0 Å². The minimum Gasteiger partial charge on any atom is -0.335 e. The Morgan fingerprint density at radius 2 is 1.20 bits per heavy atom. The average Bonchev–Trinajstić information content (AvgIpc) is 3.47. The van der Waals surface area contributed by atoms with Crippen LogP contribution in [0.15, 0.2) is 121 Å². The van der Waals surface area contributed by atoms with Crippen molar-refractivity contribution in [3.63, 3.8) is 0 Å². The Hall–Kier alpha value is -5.22. The van der Waals surface area contributed by atoms with E-state index in [9.17, 15) is 0 Å². The first-order valence-electron chi connectivity index (χ1n) is 25.0. The van der Waals surface area contributed by atoms with E-state index in [2.05, 4.69) is 184 Å². The molecule has 5 saturated carbocycles. The summed E-state index contributed by atoms with van der Waals surface area (Å²) < 4.78 is 0. The lowest BCUT2D eigenvalue weighted by atomic mass is 9.15. The molecule has 0 bridgehead atoms. The van der Waals surface area contributed by atoms with Crippen LogP contribution in [-0.2, 0) is 16.2 Å². The summed E-state index contributed by atoms with van der Waals surface area (Å²) in [4.78, 5) is 8.66. The molecule has 64 heavy (non-hydrogen) atoms. The first kappa shape index (κ1) is 37.1. The third-order valence-corrected chi connectivity index (χ3v) is 20.5. The molecule has 4 aliphatic heterocycles. The summed E-state index contributed by atoms with van der Waals surface area (Å²) in [5.74, 6) is 2.73. The Bertz CT molecular complexity index is 3040. The Morgan fingerprint density at radius 3 is 1.89 bits per heavy atom. The van der Waals surface area contributed by atoms with Crippen molar-refractivity contribution in [2.75, 3.05) is 14.7 Å². The number of hydrogen-bond donors (Lipinski definition) is 0. The molecule has 4 heterocycles. The zero-order chi connectivity index (χ0) is 43.1. The smallest absolute Gasteiger partial charge is 0.252 e. The molecule has 6 aromatic carbocycles. The quantitative estimate of drug-likeness (QED) is 0.164. The number of benzene rings is 6. The second kappa shape index (κ2) is 11.4. The summed E-state index contributed by atoms with van der Waals surface area (Å²) in [6, 6.07) is 48.4. The van der Waals surface area contributed by atoms with E-state index in [0.717, 1.165) is 17.8 Å². The maximum atomic E-state index is 3.07. The first-order chi connectivity index (χ1) is 30.8. The van der Waals surface area contributed by atoms with E-state index in [0.29, 0.717) is 5.41 Å². The molecule has 318 valence electrons. The van der Waals surface area contributed by atoms with Crippen LogP contribution >= 0.6 is 0 Å². The van der Waals surface area contributed by atoms with Gasteiger partial charge in [0, 0.05) is 56.1 Å². The van der Waals surface area contributed by atoms with Gasteiger partial charge in [-0.15, -0.1) is 0 Å². The number of anilines is 7. The normalized spacial score (nSPS) is 31.9. The van der Waals surface area contributed by atoms with Crippen molar-refractivity contribution in [1.82, 2.24) is 0 Å². The number of nitrogens with zero attached hydrogens (tertiary/aromatic N) is 3. The van der Waals surface area contributed by atoms with Gasteiger partial charge < -0.3 is 14.7 Å². The molecule has 0 radical (unpaired) electrons. The fourth-order valence-corrected chi connectivity index (χ4v) is 17.5. The molecule has 4 unspecified atom stereocenters. The van der Waals surface area contributed by atoms with Crippen LogP contribution < -0.4 is 31.1 Å². The van der Waals surface area contributed by atoms with Crippen molar-refractivity contribution in [2.45, 2.75) is 127 Å². The molecule has 0 N–H and O–H groups in total. The highest BCUT2D eigenvalue weighted by molar-refractivity contribution is 7.01. The van der Waals surface area contributed by atoms with E-state index >= 15 is 0 Å². The van der Waals surface area contributed by atoms with Crippen LogP contribution in [0.1, 0.15) is 122 Å². The Morgan fingerprint density at radius 1 is 0.531 bits per heavy atom. The molecule has 3 nitrogen and oxygen atoms in total. The van der Waals surface area contributed by atoms with Crippen molar-refractivity contribution in [1.29, 1.82) is 0 Å². The monoisotopic (exact) mass is 833 g/mol. The average molecular weight is 834 g/mol. The highest BCUT2D eigenvalue weighted by Crippen LogP contribution is 2.91. The summed E-state index contributed by atoms with van der Waals surface area (Å²) in [5.41, 5.74) is 23.6. The molecule has 6 aromatic rings. The fourth-order valence-electron chi connectivity index (χ4n) is 17.5. The second-order valence-electron chi connectivity index (χ2n) is 24.1. The van der Waals surface area contributed by atoms with Crippen LogP contribution in [0, 0.1) is 23.2 Å². The topological polar surface area (TPSA) is 9.72 Å². The Balaban J connectivity index is 1.04. The van der Waals surface area contributed by atoms with Gasteiger partial charge >= 0.3 is 0 Å². The Kier molecular flexibility index (Phi) is 6.61. The van der Waals surface area contributed by atoms with Crippen LogP contribution in [0.5, 0.6) is 0 Å². The van der Waals surface area contributed by atoms with Gasteiger partial charge in [-0.2, -0.15) is 0 Å². The maximum Gasteiger partial charge on any atom is 0.252 e. The lowest BCUT2D eigenvalue weighted by Crippen LogP contribution is -2.93. The minimum atomic E-state index is -0.122. The van der Waals surface area contributed by atoms with Crippen molar-refractivity contribution >= 4 is 62.9 Å². The molecule has 1 spiro atoms. The summed E-state index contributed by atoms with van der Waals surface area (Å²) in [6.07, 6.45) is 10.6. The summed E-state index contributed by atoms with van der Waals surface area (Å²) in [5, 5.41) is 0. The van der Waals surface area contributed by atoms with E-state index < -0.39 is 0 Å².